The lowest BCUT2D eigenvalue weighted by Gasteiger charge is -2.22. The molecule has 0 bridgehead atoms. The van der Waals surface area contributed by atoms with Gasteiger partial charge in [-0.3, -0.25) is 4.99 Å². The molecular formula is C24H28N2. The van der Waals surface area contributed by atoms with Gasteiger partial charge in [-0.05, 0) is 90.5 Å². The van der Waals surface area contributed by atoms with Gasteiger partial charge in [-0.25, -0.2) is 0 Å². The van der Waals surface area contributed by atoms with Gasteiger partial charge in [0, 0.05) is 6.21 Å². The number of benzene rings is 2. The van der Waals surface area contributed by atoms with E-state index in [-0.39, 0.29) is 0 Å². The van der Waals surface area contributed by atoms with Gasteiger partial charge in [0.25, 0.3) is 0 Å². The molecule has 2 heteroatoms. The zero-order valence-corrected chi connectivity index (χ0v) is 16.6. The second-order valence-electron chi connectivity index (χ2n) is 7.57. The van der Waals surface area contributed by atoms with E-state index in [4.69, 9.17) is 4.99 Å². The summed E-state index contributed by atoms with van der Waals surface area (Å²) >= 11 is 0. The van der Waals surface area contributed by atoms with Crippen molar-refractivity contribution in [2.75, 3.05) is 0 Å². The Hall–Kier alpha value is -2.40. The van der Waals surface area contributed by atoms with Crippen LogP contribution in [0.4, 0.5) is 5.69 Å². The molecule has 0 amide bonds. The number of nitriles is 1. The SMILES string of the molecule is CCC1C=Nc2cc(-c3cc(C)c(C#N)c(C)c3C(C)CC)ccc2C1. The van der Waals surface area contributed by atoms with E-state index in [1.165, 1.54) is 22.3 Å². The molecule has 134 valence electrons. The molecule has 26 heavy (non-hydrogen) atoms. The Labute approximate surface area is 157 Å². The monoisotopic (exact) mass is 344 g/mol. The summed E-state index contributed by atoms with van der Waals surface area (Å²) in [6, 6.07) is 11.3. The Morgan fingerprint density at radius 1 is 1.23 bits per heavy atom. The summed E-state index contributed by atoms with van der Waals surface area (Å²) in [6.07, 6.45) is 5.39. The minimum absolute atomic E-state index is 0.418. The van der Waals surface area contributed by atoms with Crippen molar-refractivity contribution in [2.45, 2.75) is 59.8 Å². The van der Waals surface area contributed by atoms with Crippen LogP contribution in [0.5, 0.6) is 0 Å². The first-order valence-electron chi connectivity index (χ1n) is 9.71. The van der Waals surface area contributed by atoms with Gasteiger partial charge >= 0.3 is 0 Å². The van der Waals surface area contributed by atoms with E-state index in [1.54, 1.807) is 0 Å². The van der Waals surface area contributed by atoms with Gasteiger partial charge in [0.2, 0.25) is 0 Å². The molecule has 2 atom stereocenters. The number of hydrogen-bond donors (Lipinski definition) is 0. The van der Waals surface area contributed by atoms with Crippen LogP contribution in [0.2, 0.25) is 0 Å². The van der Waals surface area contributed by atoms with Crippen LogP contribution in [0.15, 0.2) is 29.3 Å². The average molecular weight is 345 g/mol. The molecule has 1 aliphatic heterocycles. The lowest BCUT2D eigenvalue weighted by molar-refractivity contribution is 0.667. The fourth-order valence-corrected chi connectivity index (χ4v) is 4.04. The van der Waals surface area contributed by atoms with Gasteiger partial charge in [0.1, 0.15) is 0 Å². The first-order valence-corrected chi connectivity index (χ1v) is 9.71. The molecule has 1 aliphatic rings. The maximum absolute atomic E-state index is 9.58. The van der Waals surface area contributed by atoms with Crippen LogP contribution in [0.25, 0.3) is 11.1 Å². The van der Waals surface area contributed by atoms with Crippen molar-refractivity contribution >= 4 is 11.9 Å². The number of fused-ring (bicyclic) bond motifs is 1. The predicted octanol–water partition coefficient (Wildman–Crippen LogP) is 6.64. The smallest absolute Gasteiger partial charge is 0.0997 e. The zero-order chi connectivity index (χ0) is 18.8. The van der Waals surface area contributed by atoms with Crippen molar-refractivity contribution in [1.29, 1.82) is 5.26 Å². The van der Waals surface area contributed by atoms with E-state index in [2.05, 4.69) is 64.2 Å². The van der Waals surface area contributed by atoms with Crippen LogP contribution in [0, 0.1) is 31.1 Å². The maximum Gasteiger partial charge on any atom is 0.0997 e. The minimum atomic E-state index is 0.418. The third-order valence-corrected chi connectivity index (χ3v) is 5.87. The molecular weight excluding hydrogens is 316 g/mol. The highest BCUT2D eigenvalue weighted by Gasteiger charge is 2.20. The van der Waals surface area contributed by atoms with E-state index >= 15 is 0 Å². The van der Waals surface area contributed by atoms with Crippen molar-refractivity contribution in [3.05, 3.63) is 52.1 Å². The molecule has 2 nitrogen and oxygen atoms in total. The number of nitrogens with zero attached hydrogens (tertiary/aromatic N) is 2. The summed E-state index contributed by atoms with van der Waals surface area (Å²) in [5, 5.41) is 9.58. The summed E-state index contributed by atoms with van der Waals surface area (Å²) in [5.74, 6) is 0.977. The Morgan fingerprint density at radius 2 is 2.00 bits per heavy atom. The second kappa shape index (κ2) is 7.46. The molecule has 3 rings (SSSR count). The molecule has 1 heterocycles. The van der Waals surface area contributed by atoms with E-state index < -0.39 is 0 Å². The molecule has 2 aromatic rings. The van der Waals surface area contributed by atoms with Crippen molar-refractivity contribution in [3.8, 4) is 17.2 Å². The second-order valence-corrected chi connectivity index (χ2v) is 7.57. The van der Waals surface area contributed by atoms with Crippen LogP contribution >= 0.6 is 0 Å². The molecule has 2 unspecified atom stereocenters. The topological polar surface area (TPSA) is 36.1 Å². The Bertz CT molecular complexity index is 899. The zero-order valence-electron chi connectivity index (χ0n) is 16.6. The van der Waals surface area contributed by atoms with Crippen molar-refractivity contribution in [3.63, 3.8) is 0 Å². The average Bonchev–Trinajstić information content (AvgIpc) is 2.66. The standard InChI is InChI=1S/C24H28N2/c1-6-15(3)24-17(5)22(13-25)16(4)10-21(24)19-8-9-20-11-18(7-2)14-26-23(20)12-19/h8-10,12,14-15,18H,6-7,11H2,1-5H3. The Balaban J connectivity index is 2.17. The largest absolute Gasteiger partial charge is 0.261 e. The van der Waals surface area contributed by atoms with Gasteiger partial charge in [-0.1, -0.05) is 32.9 Å². The van der Waals surface area contributed by atoms with Gasteiger partial charge in [-0.15, -0.1) is 0 Å². The maximum atomic E-state index is 9.58. The molecule has 2 aromatic carbocycles. The first-order chi connectivity index (χ1) is 12.5. The van der Waals surface area contributed by atoms with Gasteiger partial charge in [0.15, 0.2) is 0 Å². The lowest BCUT2D eigenvalue weighted by atomic mass is 9.82. The van der Waals surface area contributed by atoms with Crippen molar-refractivity contribution in [2.24, 2.45) is 10.9 Å². The molecule has 0 fully saturated rings. The summed E-state index contributed by atoms with van der Waals surface area (Å²) in [5.41, 5.74) is 9.22. The number of aliphatic imine (C=N–C) groups is 1. The van der Waals surface area contributed by atoms with Crippen LogP contribution in [-0.4, -0.2) is 6.21 Å². The van der Waals surface area contributed by atoms with Crippen LogP contribution in [0.1, 0.15) is 67.3 Å². The fraction of sp³-hybridized carbons (Fsp3) is 0.417. The highest BCUT2D eigenvalue weighted by Crippen LogP contribution is 2.39. The van der Waals surface area contributed by atoms with Crippen LogP contribution < -0.4 is 0 Å². The summed E-state index contributed by atoms with van der Waals surface area (Å²) < 4.78 is 0. The van der Waals surface area contributed by atoms with Gasteiger partial charge < -0.3 is 0 Å². The molecule has 0 N–H and O–H groups in total. The number of aryl methyl sites for hydroxylation is 1. The Kier molecular flexibility index (Phi) is 5.28. The highest BCUT2D eigenvalue weighted by molar-refractivity contribution is 5.78. The molecule has 0 radical (unpaired) electrons. The summed E-state index contributed by atoms with van der Waals surface area (Å²) in [6.45, 7) is 10.8. The summed E-state index contributed by atoms with van der Waals surface area (Å²) in [7, 11) is 0. The predicted molar refractivity (Wildman–Crippen MR) is 110 cm³/mol. The first kappa shape index (κ1) is 18.4. The van der Waals surface area contributed by atoms with Crippen LogP contribution in [0.3, 0.4) is 0 Å². The minimum Gasteiger partial charge on any atom is -0.261 e. The third-order valence-electron chi connectivity index (χ3n) is 5.87. The molecule has 0 saturated heterocycles. The Morgan fingerprint density at radius 3 is 2.65 bits per heavy atom. The van der Waals surface area contributed by atoms with Crippen molar-refractivity contribution < 1.29 is 0 Å². The molecule has 0 spiro atoms. The van der Waals surface area contributed by atoms with E-state index in [0.29, 0.717) is 11.8 Å². The van der Waals surface area contributed by atoms with Gasteiger partial charge in [0.05, 0.1) is 17.3 Å². The van der Waals surface area contributed by atoms with Crippen molar-refractivity contribution in [1.82, 2.24) is 0 Å². The quantitative estimate of drug-likeness (QED) is 0.612. The molecule has 0 saturated carbocycles. The molecule has 0 aromatic heterocycles. The highest BCUT2D eigenvalue weighted by atomic mass is 14.7. The number of hydrogen-bond acceptors (Lipinski definition) is 2. The normalized spacial score (nSPS) is 16.8. The van der Waals surface area contributed by atoms with E-state index in [0.717, 1.165) is 41.6 Å². The molecule has 0 aliphatic carbocycles. The number of rotatable bonds is 4. The summed E-state index contributed by atoms with van der Waals surface area (Å²) in [4.78, 5) is 4.73. The van der Waals surface area contributed by atoms with Crippen LogP contribution in [-0.2, 0) is 6.42 Å². The third kappa shape index (κ3) is 3.19. The lowest BCUT2D eigenvalue weighted by Crippen LogP contribution is -2.09. The van der Waals surface area contributed by atoms with E-state index in [1.807, 2.05) is 6.92 Å². The van der Waals surface area contributed by atoms with E-state index in [9.17, 15) is 5.26 Å². The fourth-order valence-electron chi connectivity index (χ4n) is 4.04. The van der Waals surface area contributed by atoms with Gasteiger partial charge in [-0.2, -0.15) is 5.26 Å².